The highest BCUT2D eigenvalue weighted by Gasteiger charge is 2.31. The van der Waals surface area contributed by atoms with Crippen LogP contribution in [0.15, 0.2) is 18.3 Å². The Labute approximate surface area is 185 Å². The number of amides is 2. The molecule has 0 aromatic carbocycles. The molecule has 2 fully saturated rings. The molecule has 0 unspecified atom stereocenters. The molecule has 1 aromatic heterocycles. The smallest absolute Gasteiger partial charge is 0.410 e. The van der Waals surface area contributed by atoms with Gasteiger partial charge in [0.1, 0.15) is 11.3 Å². The van der Waals surface area contributed by atoms with Gasteiger partial charge in [0.25, 0.3) is 5.91 Å². The predicted molar refractivity (Wildman–Crippen MR) is 119 cm³/mol. The zero-order chi connectivity index (χ0) is 22.6. The molecular weight excluding hydrogens is 396 g/mol. The van der Waals surface area contributed by atoms with Gasteiger partial charge in [-0.15, -0.1) is 0 Å². The molecule has 0 saturated carbocycles. The summed E-state index contributed by atoms with van der Waals surface area (Å²) in [5, 5.41) is 3.13. The monoisotopic (exact) mass is 434 g/mol. The minimum Gasteiger partial charge on any atom is -0.444 e. The van der Waals surface area contributed by atoms with Crippen molar-refractivity contribution in [1.29, 1.82) is 0 Å². The number of carbonyl (C=O) groups is 2. The molecule has 0 bridgehead atoms. The standard InChI is InChI=1S/C23H38N4O4/c1-22(2,3)31-21(29)25-11-8-18(9-12-25)27-10-6-7-19(27)20(28)24-17-23(4,5)26-13-15-30-16-14-26/h6-7,10,18H,8-9,11-17H2,1-5H3,(H,24,28). The summed E-state index contributed by atoms with van der Waals surface area (Å²) in [4.78, 5) is 29.4. The molecule has 8 heteroatoms. The van der Waals surface area contributed by atoms with Crippen LogP contribution in [0.3, 0.4) is 0 Å². The van der Waals surface area contributed by atoms with Crippen molar-refractivity contribution in [2.75, 3.05) is 45.9 Å². The lowest BCUT2D eigenvalue weighted by Crippen LogP contribution is -2.55. The van der Waals surface area contributed by atoms with Crippen molar-refractivity contribution in [2.45, 2.75) is 64.6 Å². The molecule has 1 N–H and O–H groups in total. The number of piperidine rings is 1. The van der Waals surface area contributed by atoms with Crippen LogP contribution in [0.2, 0.25) is 0 Å². The Morgan fingerprint density at radius 2 is 1.74 bits per heavy atom. The van der Waals surface area contributed by atoms with E-state index in [-0.39, 0.29) is 23.6 Å². The summed E-state index contributed by atoms with van der Waals surface area (Å²) in [7, 11) is 0. The largest absolute Gasteiger partial charge is 0.444 e. The third-order valence-corrected chi connectivity index (χ3v) is 6.07. The molecular formula is C23H38N4O4. The maximum atomic E-state index is 13.0. The van der Waals surface area contributed by atoms with Crippen LogP contribution in [0.25, 0.3) is 0 Å². The summed E-state index contributed by atoms with van der Waals surface area (Å²) in [6.07, 6.45) is 3.30. The summed E-state index contributed by atoms with van der Waals surface area (Å²) >= 11 is 0. The molecule has 3 rings (SSSR count). The molecule has 8 nitrogen and oxygen atoms in total. The van der Waals surface area contributed by atoms with E-state index in [0.717, 1.165) is 39.1 Å². The van der Waals surface area contributed by atoms with Crippen molar-refractivity contribution in [3.8, 4) is 0 Å². The summed E-state index contributed by atoms with van der Waals surface area (Å²) in [6, 6.07) is 3.99. The van der Waals surface area contributed by atoms with Crippen molar-refractivity contribution in [2.24, 2.45) is 0 Å². The van der Waals surface area contributed by atoms with Gasteiger partial charge in [-0.2, -0.15) is 0 Å². The van der Waals surface area contributed by atoms with E-state index in [9.17, 15) is 9.59 Å². The Balaban J connectivity index is 1.55. The maximum absolute atomic E-state index is 13.0. The van der Waals surface area contributed by atoms with Crippen molar-refractivity contribution >= 4 is 12.0 Å². The molecule has 0 atom stereocenters. The number of hydrogen-bond acceptors (Lipinski definition) is 5. The molecule has 2 saturated heterocycles. The Bertz CT molecular complexity index is 754. The Morgan fingerprint density at radius 1 is 1.10 bits per heavy atom. The number of nitrogens with zero attached hydrogens (tertiary/aromatic N) is 3. The number of likely N-dealkylation sites (tertiary alicyclic amines) is 1. The third-order valence-electron chi connectivity index (χ3n) is 6.07. The van der Waals surface area contributed by atoms with Gasteiger partial charge in [0.05, 0.1) is 13.2 Å². The molecule has 2 amide bonds. The minimum absolute atomic E-state index is 0.0547. The van der Waals surface area contributed by atoms with Gasteiger partial charge in [-0.3, -0.25) is 9.69 Å². The van der Waals surface area contributed by atoms with Crippen LogP contribution in [-0.4, -0.2) is 83.4 Å². The van der Waals surface area contributed by atoms with E-state index in [4.69, 9.17) is 9.47 Å². The van der Waals surface area contributed by atoms with Gasteiger partial charge in [0.2, 0.25) is 0 Å². The SMILES string of the molecule is CC(C)(C)OC(=O)N1CCC(n2cccc2C(=O)NCC(C)(C)N2CCOCC2)CC1. The summed E-state index contributed by atoms with van der Waals surface area (Å²) in [5.74, 6) is -0.0547. The minimum atomic E-state index is -0.491. The van der Waals surface area contributed by atoms with Gasteiger partial charge in [-0.1, -0.05) is 0 Å². The third kappa shape index (κ3) is 6.23. The van der Waals surface area contributed by atoms with Crippen LogP contribution in [0.5, 0.6) is 0 Å². The van der Waals surface area contributed by atoms with Gasteiger partial charge in [-0.05, 0) is 59.6 Å². The highest BCUT2D eigenvalue weighted by Crippen LogP contribution is 2.26. The Morgan fingerprint density at radius 3 is 2.35 bits per heavy atom. The molecule has 0 radical (unpaired) electrons. The fourth-order valence-electron chi connectivity index (χ4n) is 4.23. The number of nitrogens with one attached hydrogen (secondary N) is 1. The van der Waals surface area contributed by atoms with Gasteiger partial charge < -0.3 is 24.3 Å². The van der Waals surface area contributed by atoms with E-state index < -0.39 is 5.60 Å². The van der Waals surface area contributed by atoms with Crippen LogP contribution in [-0.2, 0) is 9.47 Å². The van der Waals surface area contributed by atoms with E-state index >= 15 is 0 Å². The first-order valence-electron chi connectivity index (χ1n) is 11.3. The molecule has 0 aliphatic carbocycles. The first kappa shape index (κ1) is 23.6. The van der Waals surface area contributed by atoms with Gasteiger partial charge in [-0.25, -0.2) is 4.79 Å². The van der Waals surface area contributed by atoms with Gasteiger partial charge in [0.15, 0.2) is 0 Å². The summed E-state index contributed by atoms with van der Waals surface area (Å²) < 4.78 is 13.0. The zero-order valence-electron chi connectivity index (χ0n) is 19.6. The van der Waals surface area contributed by atoms with E-state index in [1.807, 2.05) is 39.1 Å². The number of aromatic nitrogens is 1. The lowest BCUT2D eigenvalue weighted by molar-refractivity contribution is -0.00927. The normalized spacial score (nSPS) is 19.3. The average molecular weight is 435 g/mol. The van der Waals surface area contributed by atoms with E-state index in [2.05, 4.69) is 28.6 Å². The first-order chi connectivity index (χ1) is 14.6. The van der Waals surface area contributed by atoms with Crippen LogP contribution in [0.4, 0.5) is 4.79 Å². The molecule has 0 spiro atoms. The molecule has 1 aromatic rings. The molecule has 174 valence electrons. The highest BCUT2D eigenvalue weighted by molar-refractivity contribution is 5.92. The second-order valence-electron chi connectivity index (χ2n) is 10.1. The van der Waals surface area contributed by atoms with Crippen LogP contribution < -0.4 is 5.32 Å². The first-order valence-corrected chi connectivity index (χ1v) is 11.3. The zero-order valence-corrected chi connectivity index (χ0v) is 19.6. The predicted octanol–water partition coefficient (Wildman–Crippen LogP) is 2.90. The average Bonchev–Trinajstić information content (AvgIpc) is 3.21. The van der Waals surface area contributed by atoms with Crippen LogP contribution in [0, 0.1) is 0 Å². The number of carbonyl (C=O) groups excluding carboxylic acids is 2. The van der Waals surface area contributed by atoms with Crippen LogP contribution >= 0.6 is 0 Å². The quantitative estimate of drug-likeness (QED) is 0.771. The fraction of sp³-hybridized carbons (Fsp3) is 0.739. The van der Waals surface area contributed by atoms with Gasteiger partial charge >= 0.3 is 6.09 Å². The highest BCUT2D eigenvalue weighted by atomic mass is 16.6. The van der Waals surface area contributed by atoms with E-state index in [1.54, 1.807) is 4.90 Å². The molecule has 2 aliphatic rings. The van der Waals surface area contributed by atoms with Crippen molar-refractivity contribution < 1.29 is 19.1 Å². The second-order valence-corrected chi connectivity index (χ2v) is 10.1. The van der Waals surface area contributed by atoms with Crippen molar-refractivity contribution in [3.05, 3.63) is 24.0 Å². The number of morpholine rings is 1. The summed E-state index contributed by atoms with van der Waals surface area (Å²) in [6.45, 7) is 15.0. The van der Waals surface area contributed by atoms with Gasteiger partial charge in [0, 0.05) is 50.5 Å². The number of rotatable bonds is 5. The van der Waals surface area contributed by atoms with E-state index in [0.29, 0.717) is 25.3 Å². The maximum Gasteiger partial charge on any atom is 0.410 e. The summed E-state index contributed by atoms with van der Waals surface area (Å²) in [5.41, 5.74) is 0.0537. The van der Waals surface area contributed by atoms with Crippen molar-refractivity contribution in [3.63, 3.8) is 0 Å². The van der Waals surface area contributed by atoms with E-state index in [1.165, 1.54) is 0 Å². The molecule has 2 aliphatic heterocycles. The second kappa shape index (κ2) is 9.61. The lowest BCUT2D eigenvalue weighted by Gasteiger charge is -2.40. The van der Waals surface area contributed by atoms with Crippen molar-refractivity contribution in [1.82, 2.24) is 19.7 Å². The lowest BCUT2D eigenvalue weighted by atomic mass is 10.0. The topological polar surface area (TPSA) is 76.0 Å². The molecule has 31 heavy (non-hydrogen) atoms. The fourth-order valence-corrected chi connectivity index (χ4v) is 4.23. The Kier molecular flexibility index (Phi) is 7.31. The molecule has 3 heterocycles. The number of hydrogen-bond donors (Lipinski definition) is 1. The Hall–Kier alpha value is -2.06. The van der Waals surface area contributed by atoms with Crippen LogP contribution in [0.1, 0.15) is 64.0 Å². The number of ether oxygens (including phenoxy) is 2.